The minimum atomic E-state index is -0.280. The maximum absolute atomic E-state index is 12.2. The molecule has 1 aromatic heterocycles. The molecule has 1 aromatic carbocycles. The molecule has 0 radical (unpaired) electrons. The molecule has 22 heavy (non-hydrogen) atoms. The van der Waals surface area contributed by atoms with Gasteiger partial charge in [0.1, 0.15) is 0 Å². The summed E-state index contributed by atoms with van der Waals surface area (Å²) in [6.45, 7) is 1.98. The molecule has 0 bridgehead atoms. The van der Waals surface area contributed by atoms with E-state index in [2.05, 4.69) is 15.6 Å². The van der Waals surface area contributed by atoms with Crippen LogP contribution >= 0.6 is 0 Å². The summed E-state index contributed by atoms with van der Waals surface area (Å²) in [6, 6.07) is 9.36. The highest BCUT2D eigenvalue weighted by molar-refractivity contribution is 6.05. The molecule has 5 nitrogen and oxygen atoms in total. The van der Waals surface area contributed by atoms with Crippen molar-refractivity contribution in [2.45, 2.75) is 25.8 Å². The van der Waals surface area contributed by atoms with E-state index in [0.717, 1.165) is 18.4 Å². The van der Waals surface area contributed by atoms with Crippen LogP contribution in [0, 0.1) is 6.92 Å². The predicted octanol–water partition coefficient (Wildman–Crippen LogP) is 2.53. The van der Waals surface area contributed by atoms with E-state index in [1.165, 1.54) is 12.4 Å². The van der Waals surface area contributed by atoms with Gasteiger partial charge in [-0.25, -0.2) is 0 Å². The van der Waals surface area contributed by atoms with E-state index in [1.807, 2.05) is 31.2 Å². The van der Waals surface area contributed by atoms with Crippen molar-refractivity contribution >= 4 is 17.5 Å². The van der Waals surface area contributed by atoms with Crippen LogP contribution in [-0.2, 0) is 0 Å². The van der Waals surface area contributed by atoms with Crippen LogP contribution in [0.15, 0.2) is 42.7 Å². The van der Waals surface area contributed by atoms with Gasteiger partial charge in [0.2, 0.25) is 0 Å². The van der Waals surface area contributed by atoms with Gasteiger partial charge in [-0.2, -0.15) is 0 Å². The van der Waals surface area contributed by atoms with Gasteiger partial charge in [-0.05, 0) is 38.0 Å². The first-order valence-corrected chi connectivity index (χ1v) is 7.26. The van der Waals surface area contributed by atoms with Crippen LogP contribution in [0.5, 0.6) is 0 Å². The van der Waals surface area contributed by atoms with Crippen molar-refractivity contribution in [3.8, 4) is 0 Å². The Balaban J connectivity index is 1.71. The van der Waals surface area contributed by atoms with Crippen LogP contribution in [0.2, 0.25) is 0 Å². The Morgan fingerprint density at radius 3 is 2.32 bits per heavy atom. The van der Waals surface area contributed by atoms with Crippen molar-refractivity contribution in [2.75, 3.05) is 5.32 Å². The molecule has 5 heteroatoms. The summed E-state index contributed by atoms with van der Waals surface area (Å²) >= 11 is 0. The quantitative estimate of drug-likeness (QED) is 0.910. The van der Waals surface area contributed by atoms with E-state index in [1.54, 1.807) is 6.07 Å². The average molecular weight is 295 g/mol. The lowest BCUT2D eigenvalue weighted by atomic mass is 10.1. The third kappa shape index (κ3) is 3.49. The molecule has 1 aliphatic rings. The molecule has 3 rings (SSSR count). The summed E-state index contributed by atoms with van der Waals surface area (Å²) in [6.07, 6.45) is 4.97. The molecule has 1 aliphatic carbocycles. The second kappa shape index (κ2) is 5.97. The summed E-state index contributed by atoms with van der Waals surface area (Å²) in [4.78, 5) is 28.2. The standard InChI is InChI=1S/C17H17N3O2/c1-11-2-4-14(5-3-11)19-16(21)12-8-13(10-18-9-12)17(22)20-15-6-7-15/h2-5,8-10,15H,6-7H2,1H3,(H,19,21)(H,20,22). The molecule has 0 unspecified atom stereocenters. The lowest BCUT2D eigenvalue weighted by molar-refractivity contribution is 0.0950. The molecule has 2 aromatic rings. The number of nitrogens with zero attached hydrogens (tertiary/aromatic N) is 1. The second-order valence-electron chi connectivity index (χ2n) is 5.53. The lowest BCUT2D eigenvalue weighted by Crippen LogP contribution is -2.26. The van der Waals surface area contributed by atoms with E-state index in [9.17, 15) is 9.59 Å². The van der Waals surface area contributed by atoms with Crippen molar-refractivity contribution in [1.82, 2.24) is 10.3 Å². The maximum Gasteiger partial charge on any atom is 0.257 e. The Bertz CT molecular complexity index is 706. The first-order valence-electron chi connectivity index (χ1n) is 7.26. The number of rotatable bonds is 4. The van der Waals surface area contributed by atoms with Crippen molar-refractivity contribution in [2.24, 2.45) is 0 Å². The molecule has 0 atom stereocenters. The minimum Gasteiger partial charge on any atom is -0.349 e. The van der Waals surface area contributed by atoms with Crippen LogP contribution in [0.4, 0.5) is 5.69 Å². The molecule has 1 saturated carbocycles. The SMILES string of the molecule is Cc1ccc(NC(=O)c2cncc(C(=O)NC3CC3)c2)cc1. The molecule has 0 spiro atoms. The third-order valence-corrected chi connectivity index (χ3v) is 3.48. The molecular formula is C17H17N3O2. The van der Waals surface area contributed by atoms with E-state index in [4.69, 9.17) is 0 Å². The molecular weight excluding hydrogens is 278 g/mol. The van der Waals surface area contributed by atoms with Crippen LogP contribution in [0.3, 0.4) is 0 Å². The van der Waals surface area contributed by atoms with E-state index in [-0.39, 0.29) is 17.9 Å². The van der Waals surface area contributed by atoms with Gasteiger partial charge in [0.25, 0.3) is 11.8 Å². The Kier molecular flexibility index (Phi) is 3.87. The van der Waals surface area contributed by atoms with Crippen LogP contribution in [0.25, 0.3) is 0 Å². The Hall–Kier alpha value is -2.69. The maximum atomic E-state index is 12.2. The smallest absolute Gasteiger partial charge is 0.257 e. The van der Waals surface area contributed by atoms with E-state index < -0.39 is 0 Å². The number of nitrogens with one attached hydrogen (secondary N) is 2. The van der Waals surface area contributed by atoms with E-state index >= 15 is 0 Å². The van der Waals surface area contributed by atoms with Crippen molar-refractivity contribution in [1.29, 1.82) is 0 Å². The van der Waals surface area contributed by atoms with Crippen molar-refractivity contribution < 1.29 is 9.59 Å². The van der Waals surface area contributed by atoms with Gasteiger partial charge in [-0.1, -0.05) is 17.7 Å². The number of carbonyl (C=O) groups excluding carboxylic acids is 2. The van der Waals surface area contributed by atoms with Crippen LogP contribution in [0.1, 0.15) is 39.1 Å². The molecule has 112 valence electrons. The first kappa shape index (κ1) is 14.3. The number of pyridine rings is 1. The number of hydrogen-bond acceptors (Lipinski definition) is 3. The van der Waals surface area contributed by atoms with Crippen LogP contribution in [-0.4, -0.2) is 22.8 Å². The number of carbonyl (C=O) groups is 2. The van der Waals surface area contributed by atoms with Gasteiger partial charge in [-0.3, -0.25) is 14.6 Å². The fourth-order valence-corrected chi connectivity index (χ4v) is 2.02. The Morgan fingerprint density at radius 2 is 1.68 bits per heavy atom. The summed E-state index contributed by atoms with van der Waals surface area (Å²) in [5.74, 6) is -0.461. The fourth-order valence-electron chi connectivity index (χ4n) is 2.02. The molecule has 0 saturated heterocycles. The zero-order chi connectivity index (χ0) is 15.5. The highest BCUT2D eigenvalue weighted by atomic mass is 16.2. The molecule has 2 N–H and O–H groups in total. The van der Waals surface area contributed by atoms with E-state index in [0.29, 0.717) is 16.8 Å². The number of aryl methyl sites for hydroxylation is 1. The second-order valence-corrected chi connectivity index (χ2v) is 5.53. The third-order valence-electron chi connectivity index (χ3n) is 3.48. The van der Waals surface area contributed by atoms with Gasteiger partial charge in [0.05, 0.1) is 11.1 Å². The van der Waals surface area contributed by atoms with Crippen molar-refractivity contribution in [3.05, 3.63) is 59.4 Å². The zero-order valence-corrected chi connectivity index (χ0v) is 12.3. The summed E-state index contributed by atoms with van der Waals surface area (Å²) < 4.78 is 0. The average Bonchev–Trinajstić information content (AvgIpc) is 3.33. The molecule has 0 aliphatic heterocycles. The molecule has 2 amide bonds. The predicted molar refractivity (Wildman–Crippen MR) is 83.9 cm³/mol. The minimum absolute atomic E-state index is 0.181. The Labute approximate surface area is 128 Å². The largest absolute Gasteiger partial charge is 0.349 e. The lowest BCUT2D eigenvalue weighted by Gasteiger charge is -2.07. The van der Waals surface area contributed by atoms with Gasteiger partial charge in [-0.15, -0.1) is 0 Å². The topological polar surface area (TPSA) is 71.1 Å². The normalized spacial score (nSPS) is 13.5. The van der Waals surface area contributed by atoms with Gasteiger partial charge >= 0.3 is 0 Å². The zero-order valence-electron chi connectivity index (χ0n) is 12.3. The number of aromatic nitrogens is 1. The number of anilines is 1. The summed E-state index contributed by atoms with van der Waals surface area (Å²) in [5, 5.41) is 5.68. The summed E-state index contributed by atoms with van der Waals surface area (Å²) in [7, 11) is 0. The number of hydrogen-bond donors (Lipinski definition) is 2. The summed E-state index contributed by atoms with van der Waals surface area (Å²) in [5.41, 5.74) is 2.61. The molecule has 1 fully saturated rings. The van der Waals surface area contributed by atoms with Gasteiger partial charge in [0.15, 0.2) is 0 Å². The van der Waals surface area contributed by atoms with Gasteiger partial charge < -0.3 is 10.6 Å². The number of benzene rings is 1. The fraction of sp³-hybridized carbons (Fsp3) is 0.235. The van der Waals surface area contributed by atoms with Gasteiger partial charge in [0, 0.05) is 24.1 Å². The first-order chi connectivity index (χ1) is 10.6. The van der Waals surface area contributed by atoms with Crippen LogP contribution < -0.4 is 10.6 Å². The monoisotopic (exact) mass is 295 g/mol. The highest BCUT2D eigenvalue weighted by Gasteiger charge is 2.24. The number of amides is 2. The Morgan fingerprint density at radius 1 is 1.05 bits per heavy atom. The highest BCUT2D eigenvalue weighted by Crippen LogP contribution is 2.19. The van der Waals surface area contributed by atoms with Crippen molar-refractivity contribution in [3.63, 3.8) is 0 Å². The molecule has 1 heterocycles.